The molecule has 0 N–H and O–H groups in total. The second kappa shape index (κ2) is 5.37. The average molecular weight is 297 g/mol. The number of hydrogen-bond acceptors (Lipinski definition) is 3. The number of halogens is 1. The van der Waals surface area contributed by atoms with Crippen molar-refractivity contribution in [1.82, 2.24) is 19.3 Å². The highest BCUT2D eigenvalue weighted by Crippen LogP contribution is 2.36. The van der Waals surface area contributed by atoms with E-state index in [0.29, 0.717) is 18.0 Å². The molecule has 2 heterocycles. The molecule has 2 aromatic heterocycles. The molecule has 0 saturated heterocycles. The molecule has 5 nitrogen and oxygen atoms in total. The van der Waals surface area contributed by atoms with E-state index in [4.69, 9.17) is 21.3 Å². The predicted molar refractivity (Wildman–Crippen MR) is 79.2 cm³/mol. The fourth-order valence-corrected chi connectivity index (χ4v) is 3.49. The number of aromatic nitrogens is 4. The van der Waals surface area contributed by atoms with Crippen LogP contribution in [-0.4, -0.2) is 32.5 Å². The highest BCUT2D eigenvalue weighted by atomic mass is 35.5. The van der Waals surface area contributed by atoms with Gasteiger partial charge in [0.1, 0.15) is 11.3 Å². The van der Waals surface area contributed by atoms with Crippen molar-refractivity contribution in [3.63, 3.8) is 0 Å². The zero-order chi connectivity index (χ0) is 14.3. The number of imidazole rings is 1. The number of rotatable bonds is 4. The van der Waals surface area contributed by atoms with E-state index in [9.17, 15) is 0 Å². The van der Waals surface area contributed by atoms with Crippen molar-refractivity contribution >= 4 is 22.8 Å². The summed E-state index contributed by atoms with van der Waals surface area (Å²) in [5, 5.41) is 4.57. The standard InChI is InChI=1S/C14H21ClN4O/c1-4-18-14-13(9(2)17-18)16-12(8-15)19(14)10-5-6-11(7-10)20-3/h10-11H,4-8H2,1-3H3. The lowest BCUT2D eigenvalue weighted by Gasteiger charge is -2.16. The Kier molecular flexibility index (Phi) is 3.73. The summed E-state index contributed by atoms with van der Waals surface area (Å²) in [7, 11) is 1.79. The van der Waals surface area contributed by atoms with Crippen LogP contribution in [0.15, 0.2) is 0 Å². The maximum absolute atomic E-state index is 6.11. The van der Waals surface area contributed by atoms with E-state index in [2.05, 4.69) is 16.6 Å². The van der Waals surface area contributed by atoms with Gasteiger partial charge in [0.15, 0.2) is 5.65 Å². The lowest BCUT2D eigenvalue weighted by atomic mass is 10.2. The van der Waals surface area contributed by atoms with E-state index in [1.54, 1.807) is 7.11 Å². The first-order valence-electron chi connectivity index (χ1n) is 7.22. The molecule has 0 radical (unpaired) electrons. The molecular formula is C14H21ClN4O. The molecule has 3 rings (SSSR count). The van der Waals surface area contributed by atoms with Gasteiger partial charge < -0.3 is 9.30 Å². The van der Waals surface area contributed by atoms with Gasteiger partial charge >= 0.3 is 0 Å². The molecule has 0 aliphatic heterocycles. The smallest absolute Gasteiger partial charge is 0.159 e. The second-order valence-corrected chi connectivity index (χ2v) is 5.70. The molecule has 1 aliphatic carbocycles. The summed E-state index contributed by atoms with van der Waals surface area (Å²) in [4.78, 5) is 4.70. The van der Waals surface area contributed by atoms with Gasteiger partial charge in [-0.2, -0.15) is 5.10 Å². The van der Waals surface area contributed by atoms with Gasteiger partial charge in [0.2, 0.25) is 0 Å². The van der Waals surface area contributed by atoms with E-state index >= 15 is 0 Å². The van der Waals surface area contributed by atoms with E-state index in [1.165, 1.54) is 0 Å². The first kappa shape index (κ1) is 13.9. The van der Waals surface area contributed by atoms with Crippen LogP contribution in [0, 0.1) is 6.92 Å². The molecular weight excluding hydrogens is 276 g/mol. The van der Waals surface area contributed by atoms with Gasteiger partial charge in [-0.15, -0.1) is 11.6 Å². The number of ether oxygens (including phenoxy) is 1. The Labute approximate surface area is 123 Å². The average Bonchev–Trinajstić information content (AvgIpc) is 3.13. The Morgan fingerprint density at radius 3 is 2.80 bits per heavy atom. The first-order chi connectivity index (χ1) is 9.69. The van der Waals surface area contributed by atoms with Gasteiger partial charge in [0.25, 0.3) is 0 Å². The molecule has 0 amide bonds. The van der Waals surface area contributed by atoms with Gasteiger partial charge in [-0.1, -0.05) is 0 Å². The maximum atomic E-state index is 6.11. The van der Waals surface area contributed by atoms with E-state index < -0.39 is 0 Å². The molecule has 2 atom stereocenters. The molecule has 1 fully saturated rings. The zero-order valence-corrected chi connectivity index (χ0v) is 13.0. The lowest BCUT2D eigenvalue weighted by Crippen LogP contribution is -2.14. The lowest BCUT2D eigenvalue weighted by molar-refractivity contribution is 0.106. The van der Waals surface area contributed by atoms with Crippen LogP contribution in [0.1, 0.15) is 43.7 Å². The van der Waals surface area contributed by atoms with Crippen molar-refractivity contribution in [3.05, 3.63) is 11.5 Å². The third-order valence-corrected chi connectivity index (χ3v) is 4.53. The van der Waals surface area contributed by atoms with Crippen molar-refractivity contribution in [2.75, 3.05) is 7.11 Å². The van der Waals surface area contributed by atoms with Crippen LogP contribution in [0.2, 0.25) is 0 Å². The van der Waals surface area contributed by atoms with Crippen LogP contribution >= 0.6 is 11.6 Å². The van der Waals surface area contributed by atoms with Crippen LogP contribution < -0.4 is 0 Å². The SMILES string of the molecule is CCn1nc(C)c2nc(CCl)n(C3CCC(OC)C3)c21. The second-order valence-electron chi connectivity index (χ2n) is 5.43. The van der Waals surface area contributed by atoms with E-state index in [-0.39, 0.29) is 0 Å². The molecule has 110 valence electrons. The number of methoxy groups -OCH3 is 1. The fraction of sp³-hybridized carbons (Fsp3) is 0.714. The monoisotopic (exact) mass is 296 g/mol. The van der Waals surface area contributed by atoms with Crippen molar-refractivity contribution < 1.29 is 4.74 Å². The molecule has 0 aromatic carbocycles. The number of nitrogens with zero attached hydrogens (tertiary/aromatic N) is 4. The highest BCUT2D eigenvalue weighted by Gasteiger charge is 2.30. The normalized spacial score (nSPS) is 23.0. The number of aryl methyl sites for hydroxylation is 2. The van der Waals surface area contributed by atoms with Crippen LogP contribution in [0.4, 0.5) is 0 Å². The number of fused-ring (bicyclic) bond motifs is 1. The summed E-state index contributed by atoms with van der Waals surface area (Å²) < 4.78 is 9.83. The third-order valence-electron chi connectivity index (χ3n) is 4.29. The molecule has 2 unspecified atom stereocenters. The zero-order valence-electron chi connectivity index (χ0n) is 12.3. The Morgan fingerprint density at radius 1 is 1.40 bits per heavy atom. The summed E-state index contributed by atoms with van der Waals surface area (Å²) in [5.41, 5.74) is 3.08. The van der Waals surface area contributed by atoms with Crippen molar-refractivity contribution in [3.8, 4) is 0 Å². The maximum Gasteiger partial charge on any atom is 0.159 e. The van der Waals surface area contributed by atoms with Gasteiger partial charge in [-0.05, 0) is 33.1 Å². The fourth-order valence-electron chi connectivity index (χ4n) is 3.30. The van der Waals surface area contributed by atoms with Crippen molar-refractivity contribution in [2.24, 2.45) is 0 Å². The van der Waals surface area contributed by atoms with Gasteiger partial charge in [-0.25, -0.2) is 9.67 Å². The molecule has 2 aromatic rings. The molecule has 1 aliphatic rings. The summed E-state index contributed by atoms with van der Waals surface area (Å²) in [6, 6.07) is 0.417. The Balaban J connectivity index is 2.12. The van der Waals surface area contributed by atoms with Crippen molar-refractivity contribution in [2.45, 2.75) is 57.7 Å². The highest BCUT2D eigenvalue weighted by molar-refractivity contribution is 6.16. The summed E-state index contributed by atoms with van der Waals surface area (Å²) >= 11 is 6.11. The topological polar surface area (TPSA) is 44.9 Å². The minimum absolute atomic E-state index is 0.347. The Bertz CT molecular complexity index is 618. The summed E-state index contributed by atoms with van der Waals surface area (Å²) in [5.74, 6) is 1.39. The Hall–Kier alpha value is -1.07. The van der Waals surface area contributed by atoms with Crippen LogP contribution in [0.25, 0.3) is 11.2 Å². The molecule has 0 spiro atoms. The summed E-state index contributed by atoms with van der Waals surface area (Å²) in [6.07, 6.45) is 3.59. The first-order valence-corrected chi connectivity index (χ1v) is 7.76. The minimum atomic E-state index is 0.347. The number of hydrogen-bond donors (Lipinski definition) is 0. The molecule has 20 heavy (non-hydrogen) atoms. The molecule has 6 heteroatoms. The largest absolute Gasteiger partial charge is 0.381 e. The third kappa shape index (κ3) is 2.04. The van der Waals surface area contributed by atoms with Gasteiger partial charge in [-0.3, -0.25) is 0 Å². The number of alkyl halides is 1. The summed E-state index contributed by atoms with van der Waals surface area (Å²) in [6.45, 7) is 4.96. The Morgan fingerprint density at radius 2 is 2.20 bits per heavy atom. The van der Waals surface area contributed by atoms with Gasteiger partial charge in [0.05, 0.1) is 17.7 Å². The van der Waals surface area contributed by atoms with Crippen molar-refractivity contribution in [1.29, 1.82) is 0 Å². The van der Waals surface area contributed by atoms with E-state index in [0.717, 1.165) is 48.5 Å². The van der Waals surface area contributed by atoms with Crippen LogP contribution in [0.5, 0.6) is 0 Å². The minimum Gasteiger partial charge on any atom is -0.381 e. The van der Waals surface area contributed by atoms with E-state index in [1.807, 2.05) is 11.6 Å². The van der Waals surface area contributed by atoms with Crippen LogP contribution in [-0.2, 0) is 17.2 Å². The predicted octanol–water partition coefficient (Wildman–Crippen LogP) is 3.04. The van der Waals surface area contributed by atoms with Crippen LogP contribution in [0.3, 0.4) is 0 Å². The quantitative estimate of drug-likeness (QED) is 0.815. The molecule has 1 saturated carbocycles. The molecule has 0 bridgehead atoms. The van der Waals surface area contributed by atoms with Gasteiger partial charge in [0, 0.05) is 19.7 Å².